The van der Waals surface area contributed by atoms with Gasteiger partial charge in [-0.15, -0.1) is 0 Å². The highest BCUT2D eigenvalue weighted by atomic mass is 19.5. The number of halogens is 4. The SMILES string of the molecule is C1=CN=CNC=C1.Cc1ccccc1.F[B-](F)(F)F. The summed E-state index contributed by atoms with van der Waals surface area (Å²) in [6.07, 6.45) is 8.90. The second kappa shape index (κ2) is 9.93. The molecule has 1 aliphatic rings. The first-order valence-corrected chi connectivity index (χ1v) is 5.38. The molecule has 19 heavy (non-hydrogen) atoms. The van der Waals surface area contributed by atoms with Crippen molar-refractivity contribution >= 4 is 13.6 Å². The zero-order chi connectivity index (χ0) is 14.6. The number of allylic oxidation sites excluding steroid dienone is 2. The van der Waals surface area contributed by atoms with E-state index in [4.69, 9.17) is 0 Å². The summed E-state index contributed by atoms with van der Waals surface area (Å²) in [7, 11) is -6.00. The molecule has 7 heteroatoms. The molecule has 1 aromatic carbocycles. The molecule has 0 spiro atoms. The third kappa shape index (κ3) is 18.5. The summed E-state index contributed by atoms with van der Waals surface area (Å²) in [6, 6.07) is 10.3. The number of hydrogen-bond acceptors (Lipinski definition) is 2. The third-order valence-corrected chi connectivity index (χ3v) is 1.57. The number of rotatable bonds is 0. The summed E-state index contributed by atoms with van der Waals surface area (Å²) >= 11 is 0. The first-order valence-electron chi connectivity index (χ1n) is 5.38. The van der Waals surface area contributed by atoms with E-state index in [0.717, 1.165) is 0 Å². The van der Waals surface area contributed by atoms with Crippen molar-refractivity contribution in [3.8, 4) is 0 Å². The predicted molar refractivity (Wildman–Crippen MR) is 71.3 cm³/mol. The fraction of sp³-hybridized carbons (Fsp3) is 0.0833. The van der Waals surface area contributed by atoms with E-state index in [0.29, 0.717) is 0 Å². The predicted octanol–water partition coefficient (Wildman–Crippen LogP) is 3.94. The Morgan fingerprint density at radius 2 is 1.58 bits per heavy atom. The van der Waals surface area contributed by atoms with Crippen molar-refractivity contribution < 1.29 is 17.3 Å². The second-order valence-electron chi connectivity index (χ2n) is 3.30. The van der Waals surface area contributed by atoms with Crippen LogP contribution >= 0.6 is 0 Å². The minimum Gasteiger partial charge on any atom is -0.418 e. The van der Waals surface area contributed by atoms with Gasteiger partial charge in [-0.3, -0.25) is 0 Å². The topological polar surface area (TPSA) is 24.4 Å². The summed E-state index contributed by atoms with van der Waals surface area (Å²) in [5, 5.41) is 2.81. The summed E-state index contributed by atoms with van der Waals surface area (Å²) in [5.41, 5.74) is 1.32. The lowest BCUT2D eigenvalue weighted by Crippen LogP contribution is -2.02. The first-order chi connectivity index (χ1) is 8.89. The van der Waals surface area contributed by atoms with Crippen LogP contribution in [0.4, 0.5) is 17.3 Å². The van der Waals surface area contributed by atoms with Gasteiger partial charge in [0.05, 0.1) is 6.34 Å². The van der Waals surface area contributed by atoms with Crippen LogP contribution in [0.15, 0.2) is 59.9 Å². The van der Waals surface area contributed by atoms with Crippen LogP contribution in [0.25, 0.3) is 0 Å². The van der Waals surface area contributed by atoms with Gasteiger partial charge in [0.15, 0.2) is 0 Å². The highest BCUT2D eigenvalue weighted by Crippen LogP contribution is 2.06. The Kier molecular flexibility index (Phi) is 8.86. The molecular formula is C12H14BF4N2-. The molecule has 0 aromatic heterocycles. The average Bonchev–Trinajstić information content (AvgIpc) is 2.60. The Balaban J connectivity index is 0.000000261. The largest absolute Gasteiger partial charge is 0.673 e. The molecule has 0 atom stereocenters. The van der Waals surface area contributed by atoms with Crippen LogP contribution in [0.2, 0.25) is 0 Å². The molecule has 0 unspecified atom stereocenters. The molecule has 1 aromatic rings. The molecule has 0 fully saturated rings. The molecule has 0 saturated heterocycles. The molecule has 1 N–H and O–H groups in total. The average molecular weight is 273 g/mol. The molecule has 0 radical (unpaired) electrons. The second-order valence-corrected chi connectivity index (χ2v) is 3.30. The minimum atomic E-state index is -6.00. The van der Waals surface area contributed by atoms with E-state index in [1.807, 2.05) is 36.6 Å². The van der Waals surface area contributed by atoms with E-state index >= 15 is 0 Å². The maximum Gasteiger partial charge on any atom is 0.673 e. The molecular weight excluding hydrogens is 259 g/mol. The van der Waals surface area contributed by atoms with Gasteiger partial charge in [-0.1, -0.05) is 35.9 Å². The number of nitrogens with one attached hydrogen (secondary N) is 1. The minimum absolute atomic E-state index is 1.32. The number of benzene rings is 1. The Hall–Kier alpha value is -2.05. The Bertz CT molecular complexity index is 393. The maximum absolute atomic E-state index is 9.75. The van der Waals surface area contributed by atoms with E-state index in [9.17, 15) is 17.3 Å². The van der Waals surface area contributed by atoms with Crippen molar-refractivity contribution in [1.82, 2.24) is 5.32 Å². The normalized spacial score (nSPS) is 12.3. The smallest absolute Gasteiger partial charge is 0.418 e. The Morgan fingerprint density at radius 3 is 2.05 bits per heavy atom. The summed E-state index contributed by atoms with van der Waals surface area (Å²) in [4.78, 5) is 3.79. The van der Waals surface area contributed by atoms with Crippen molar-refractivity contribution in [3.63, 3.8) is 0 Å². The molecule has 0 amide bonds. The van der Waals surface area contributed by atoms with Gasteiger partial charge in [-0.2, -0.15) is 0 Å². The Labute approximate surface area is 109 Å². The molecule has 0 saturated carbocycles. The van der Waals surface area contributed by atoms with E-state index < -0.39 is 7.25 Å². The Morgan fingerprint density at radius 1 is 1.00 bits per heavy atom. The van der Waals surface area contributed by atoms with Gasteiger partial charge in [0, 0.05) is 12.4 Å². The molecule has 104 valence electrons. The van der Waals surface area contributed by atoms with Gasteiger partial charge in [0.2, 0.25) is 0 Å². The van der Waals surface area contributed by atoms with Crippen LogP contribution in [0.5, 0.6) is 0 Å². The van der Waals surface area contributed by atoms with Crippen molar-refractivity contribution in [3.05, 3.63) is 60.4 Å². The molecule has 2 rings (SSSR count). The number of hydrogen-bond donors (Lipinski definition) is 1. The zero-order valence-corrected chi connectivity index (χ0v) is 10.3. The van der Waals surface area contributed by atoms with Crippen LogP contribution in [-0.4, -0.2) is 13.6 Å². The zero-order valence-electron chi connectivity index (χ0n) is 10.3. The number of aliphatic imine (C=N–C) groups is 1. The molecule has 0 bridgehead atoms. The van der Waals surface area contributed by atoms with Crippen LogP contribution in [0.1, 0.15) is 5.56 Å². The molecule has 0 aliphatic carbocycles. The van der Waals surface area contributed by atoms with Gasteiger partial charge >= 0.3 is 7.25 Å². The monoisotopic (exact) mass is 273 g/mol. The van der Waals surface area contributed by atoms with Crippen molar-refractivity contribution in [1.29, 1.82) is 0 Å². The fourth-order valence-electron chi connectivity index (χ4n) is 0.874. The van der Waals surface area contributed by atoms with Gasteiger partial charge in [-0.25, -0.2) is 4.99 Å². The highest BCUT2D eigenvalue weighted by molar-refractivity contribution is 6.50. The van der Waals surface area contributed by atoms with E-state index in [2.05, 4.69) is 29.4 Å². The lowest BCUT2D eigenvalue weighted by atomic mass is 10.2. The lowest BCUT2D eigenvalue weighted by Gasteiger charge is -1.94. The molecule has 1 aliphatic heterocycles. The van der Waals surface area contributed by atoms with E-state index in [-0.39, 0.29) is 0 Å². The van der Waals surface area contributed by atoms with Crippen LogP contribution in [0, 0.1) is 6.92 Å². The van der Waals surface area contributed by atoms with Crippen molar-refractivity contribution in [2.75, 3.05) is 0 Å². The number of nitrogens with zero attached hydrogens (tertiary/aromatic N) is 1. The van der Waals surface area contributed by atoms with Crippen LogP contribution < -0.4 is 5.32 Å². The van der Waals surface area contributed by atoms with E-state index in [1.165, 1.54) is 5.56 Å². The summed E-state index contributed by atoms with van der Waals surface area (Å²) < 4.78 is 39.0. The van der Waals surface area contributed by atoms with Gasteiger partial charge in [-0.05, 0) is 19.1 Å². The standard InChI is InChI=1S/C7H8.C5H6N2.BF4/c1-7-5-3-2-4-6-7;1-2-4-7-5-6-3-1;2-1(3,4)5/h2-6H,1H3;1-5H,(H,6,7);/q;;-1. The summed E-state index contributed by atoms with van der Waals surface area (Å²) in [6.45, 7) is 2.08. The van der Waals surface area contributed by atoms with E-state index in [1.54, 1.807) is 12.5 Å². The maximum atomic E-state index is 9.75. The first kappa shape index (κ1) is 17.0. The highest BCUT2D eigenvalue weighted by Gasteiger charge is 2.20. The summed E-state index contributed by atoms with van der Waals surface area (Å²) in [5.74, 6) is 0. The fourth-order valence-corrected chi connectivity index (χ4v) is 0.874. The number of aryl methyl sites for hydroxylation is 1. The van der Waals surface area contributed by atoms with Gasteiger partial charge < -0.3 is 22.6 Å². The van der Waals surface area contributed by atoms with Crippen molar-refractivity contribution in [2.24, 2.45) is 4.99 Å². The van der Waals surface area contributed by atoms with Crippen LogP contribution in [0.3, 0.4) is 0 Å². The van der Waals surface area contributed by atoms with Gasteiger partial charge in [0.1, 0.15) is 0 Å². The quantitative estimate of drug-likeness (QED) is 0.562. The molecule has 1 heterocycles. The third-order valence-electron chi connectivity index (χ3n) is 1.57. The van der Waals surface area contributed by atoms with Crippen molar-refractivity contribution in [2.45, 2.75) is 6.92 Å². The lowest BCUT2D eigenvalue weighted by molar-refractivity contribution is 0.368. The van der Waals surface area contributed by atoms with Crippen LogP contribution in [-0.2, 0) is 0 Å². The van der Waals surface area contributed by atoms with Gasteiger partial charge in [0.25, 0.3) is 0 Å². The molecule has 2 nitrogen and oxygen atoms in total.